The van der Waals surface area contributed by atoms with Gasteiger partial charge in [-0.1, -0.05) is 24.3 Å². The maximum Gasteiger partial charge on any atom is 0.107 e. The quantitative estimate of drug-likeness (QED) is 0.739. The number of nitrogens with one attached hydrogen (secondary N) is 1. The zero-order valence-corrected chi connectivity index (χ0v) is 9.05. The van der Waals surface area contributed by atoms with Gasteiger partial charge in [-0.15, -0.1) is 0 Å². The normalized spacial score (nSPS) is 9.64. The van der Waals surface area contributed by atoms with Gasteiger partial charge in [0.15, 0.2) is 0 Å². The van der Waals surface area contributed by atoms with Crippen LogP contribution < -0.4 is 5.32 Å². The van der Waals surface area contributed by atoms with Gasteiger partial charge in [-0.3, -0.25) is 0 Å². The largest absolute Gasteiger partial charge is 0.500 e. The van der Waals surface area contributed by atoms with Crippen LogP contribution in [0.25, 0.3) is 0 Å². The highest BCUT2D eigenvalue weighted by molar-refractivity contribution is 5.52. The van der Waals surface area contributed by atoms with Gasteiger partial charge < -0.3 is 10.1 Å². The maximum absolute atomic E-state index is 4.98. The molecule has 0 aromatic heterocycles. The lowest BCUT2D eigenvalue weighted by Gasteiger charge is -2.10. The Balaban J connectivity index is 2.63. The molecule has 2 heteroatoms. The molecule has 14 heavy (non-hydrogen) atoms. The fourth-order valence-electron chi connectivity index (χ4n) is 1.28. The molecule has 0 aliphatic carbocycles. The van der Waals surface area contributed by atoms with E-state index in [1.165, 1.54) is 11.1 Å². The average molecular weight is 191 g/mol. The van der Waals surface area contributed by atoms with Crippen LogP contribution in [0, 0.1) is 13.8 Å². The standard InChI is InChI=1S/C12H17NO/c1-9-5-6-12(10(2)7-9)13-8-11(3)14-4/h5-7,13H,3,8H2,1-2,4H3. The lowest BCUT2D eigenvalue weighted by Crippen LogP contribution is -2.06. The number of aryl methyl sites for hydroxylation is 2. The van der Waals surface area contributed by atoms with Crippen LogP contribution >= 0.6 is 0 Å². The molecule has 2 nitrogen and oxygen atoms in total. The van der Waals surface area contributed by atoms with E-state index in [4.69, 9.17) is 4.74 Å². The molecule has 0 amide bonds. The first-order chi connectivity index (χ1) is 6.63. The van der Waals surface area contributed by atoms with Gasteiger partial charge in [-0.2, -0.15) is 0 Å². The highest BCUT2D eigenvalue weighted by Gasteiger charge is 1.98. The van der Waals surface area contributed by atoms with Gasteiger partial charge in [-0.25, -0.2) is 0 Å². The molecule has 0 atom stereocenters. The molecule has 0 saturated carbocycles. The van der Waals surface area contributed by atoms with Crippen molar-refractivity contribution in [1.29, 1.82) is 0 Å². The first-order valence-corrected chi connectivity index (χ1v) is 4.66. The third-order valence-corrected chi connectivity index (χ3v) is 2.15. The lowest BCUT2D eigenvalue weighted by molar-refractivity contribution is 0.291. The van der Waals surface area contributed by atoms with E-state index in [-0.39, 0.29) is 0 Å². The number of ether oxygens (including phenoxy) is 1. The number of benzene rings is 1. The third-order valence-electron chi connectivity index (χ3n) is 2.15. The molecular formula is C12H17NO. The van der Waals surface area contributed by atoms with Gasteiger partial charge in [0.1, 0.15) is 5.76 Å². The monoisotopic (exact) mass is 191 g/mol. The number of hydrogen-bond acceptors (Lipinski definition) is 2. The minimum atomic E-state index is 0.653. The summed E-state index contributed by atoms with van der Waals surface area (Å²) in [5.41, 5.74) is 3.65. The third kappa shape index (κ3) is 2.80. The van der Waals surface area contributed by atoms with Crippen LogP contribution in [0.5, 0.6) is 0 Å². The second-order valence-corrected chi connectivity index (χ2v) is 3.41. The molecule has 0 fully saturated rings. The second-order valence-electron chi connectivity index (χ2n) is 3.41. The predicted octanol–water partition coefficient (Wildman–Crippen LogP) is 2.88. The summed E-state index contributed by atoms with van der Waals surface area (Å²) in [4.78, 5) is 0. The fraction of sp³-hybridized carbons (Fsp3) is 0.333. The molecule has 1 aromatic rings. The van der Waals surface area contributed by atoms with Crippen LogP contribution in [0.1, 0.15) is 11.1 Å². The summed E-state index contributed by atoms with van der Waals surface area (Å²) in [5, 5.41) is 3.27. The van der Waals surface area contributed by atoms with E-state index in [0.717, 1.165) is 11.4 Å². The highest BCUT2D eigenvalue weighted by Crippen LogP contribution is 2.15. The first-order valence-electron chi connectivity index (χ1n) is 4.66. The van der Waals surface area contributed by atoms with Gasteiger partial charge >= 0.3 is 0 Å². The van der Waals surface area contributed by atoms with E-state index in [9.17, 15) is 0 Å². The van der Waals surface area contributed by atoms with Crippen molar-refractivity contribution in [3.63, 3.8) is 0 Å². The Morgan fingerprint density at radius 2 is 2.14 bits per heavy atom. The minimum Gasteiger partial charge on any atom is -0.500 e. The summed E-state index contributed by atoms with van der Waals surface area (Å²) < 4.78 is 4.98. The molecule has 1 rings (SSSR count). The molecule has 0 unspecified atom stereocenters. The number of rotatable bonds is 4. The van der Waals surface area contributed by atoms with E-state index in [2.05, 4.69) is 43.9 Å². The Labute approximate surface area is 85.6 Å². The van der Waals surface area contributed by atoms with Crippen LogP contribution in [-0.2, 0) is 4.74 Å². The molecule has 76 valence electrons. The van der Waals surface area contributed by atoms with Crippen molar-refractivity contribution in [3.8, 4) is 0 Å². The summed E-state index contributed by atoms with van der Waals surface area (Å²) in [6.07, 6.45) is 0. The maximum atomic E-state index is 4.98. The van der Waals surface area contributed by atoms with E-state index in [0.29, 0.717) is 6.54 Å². The van der Waals surface area contributed by atoms with E-state index >= 15 is 0 Å². The van der Waals surface area contributed by atoms with E-state index < -0.39 is 0 Å². The Morgan fingerprint density at radius 3 is 2.71 bits per heavy atom. The van der Waals surface area contributed by atoms with E-state index in [1.807, 2.05) is 0 Å². The topological polar surface area (TPSA) is 21.3 Å². The summed E-state index contributed by atoms with van der Waals surface area (Å²) in [5.74, 6) is 0.741. The van der Waals surface area contributed by atoms with Gasteiger partial charge in [0.25, 0.3) is 0 Å². The molecule has 0 aliphatic heterocycles. The minimum absolute atomic E-state index is 0.653. The van der Waals surface area contributed by atoms with Crippen molar-refractivity contribution in [2.45, 2.75) is 13.8 Å². The van der Waals surface area contributed by atoms with Crippen molar-refractivity contribution in [3.05, 3.63) is 41.7 Å². The summed E-state index contributed by atoms with van der Waals surface area (Å²) in [7, 11) is 1.63. The van der Waals surface area contributed by atoms with Crippen LogP contribution in [0.2, 0.25) is 0 Å². The zero-order chi connectivity index (χ0) is 10.6. The van der Waals surface area contributed by atoms with Gasteiger partial charge in [0.2, 0.25) is 0 Å². The average Bonchev–Trinajstić information content (AvgIpc) is 2.16. The number of hydrogen-bond donors (Lipinski definition) is 1. The molecule has 1 N–H and O–H groups in total. The van der Waals surface area contributed by atoms with E-state index in [1.54, 1.807) is 7.11 Å². The Hall–Kier alpha value is -1.44. The summed E-state index contributed by atoms with van der Waals surface area (Å²) >= 11 is 0. The zero-order valence-electron chi connectivity index (χ0n) is 9.05. The lowest BCUT2D eigenvalue weighted by atomic mass is 10.1. The number of anilines is 1. The molecule has 1 aromatic carbocycles. The molecular weight excluding hydrogens is 174 g/mol. The first kappa shape index (κ1) is 10.6. The Bertz CT molecular complexity index is 331. The van der Waals surface area contributed by atoms with Crippen LogP contribution in [0.4, 0.5) is 5.69 Å². The van der Waals surface area contributed by atoms with Crippen molar-refractivity contribution in [2.24, 2.45) is 0 Å². The van der Waals surface area contributed by atoms with Crippen molar-refractivity contribution in [2.75, 3.05) is 19.0 Å². The predicted molar refractivity (Wildman–Crippen MR) is 60.6 cm³/mol. The van der Waals surface area contributed by atoms with Gasteiger partial charge in [-0.05, 0) is 25.5 Å². The molecule has 0 spiro atoms. The number of methoxy groups -OCH3 is 1. The Kier molecular flexibility index (Phi) is 3.57. The summed E-state index contributed by atoms with van der Waals surface area (Å²) in [6, 6.07) is 6.32. The van der Waals surface area contributed by atoms with Crippen LogP contribution in [0.3, 0.4) is 0 Å². The van der Waals surface area contributed by atoms with Gasteiger partial charge in [0, 0.05) is 5.69 Å². The van der Waals surface area contributed by atoms with Crippen LogP contribution in [-0.4, -0.2) is 13.7 Å². The molecule has 0 saturated heterocycles. The summed E-state index contributed by atoms with van der Waals surface area (Å²) in [6.45, 7) is 8.58. The van der Waals surface area contributed by atoms with Crippen molar-refractivity contribution in [1.82, 2.24) is 0 Å². The highest BCUT2D eigenvalue weighted by atomic mass is 16.5. The molecule has 0 bridgehead atoms. The second kappa shape index (κ2) is 4.70. The Morgan fingerprint density at radius 1 is 1.43 bits per heavy atom. The molecule has 0 aliphatic rings. The molecule has 0 radical (unpaired) electrons. The smallest absolute Gasteiger partial charge is 0.107 e. The van der Waals surface area contributed by atoms with Crippen molar-refractivity contribution >= 4 is 5.69 Å². The fourth-order valence-corrected chi connectivity index (χ4v) is 1.28. The van der Waals surface area contributed by atoms with Crippen LogP contribution in [0.15, 0.2) is 30.5 Å². The van der Waals surface area contributed by atoms with Gasteiger partial charge in [0.05, 0.1) is 13.7 Å². The van der Waals surface area contributed by atoms with Crippen molar-refractivity contribution < 1.29 is 4.74 Å². The SMILES string of the molecule is C=C(CNc1ccc(C)cc1C)OC. The molecule has 0 heterocycles.